The molecule has 2 aromatic carbocycles. The molecule has 8 heteroatoms. The number of halogens is 2. The largest absolute Gasteiger partial charge is 0.486 e. The van der Waals surface area contributed by atoms with Gasteiger partial charge in [0.05, 0.1) is 0 Å². The molecule has 0 spiro atoms. The smallest absolute Gasteiger partial charge is 0.287 e. The first-order valence-electron chi connectivity index (χ1n) is 9.50. The molecule has 0 aliphatic carbocycles. The average molecular weight is 484 g/mol. The van der Waals surface area contributed by atoms with Crippen LogP contribution in [0.25, 0.3) is 0 Å². The third-order valence-electron chi connectivity index (χ3n) is 4.68. The molecule has 1 N–H and O–H groups in total. The molecule has 1 unspecified atom stereocenters. The van der Waals surface area contributed by atoms with E-state index in [1.807, 2.05) is 31.3 Å². The normalized spacial score (nSPS) is 11.8. The van der Waals surface area contributed by atoms with E-state index in [9.17, 15) is 9.18 Å². The molecule has 158 valence electrons. The molecule has 0 radical (unpaired) electrons. The summed E-state index contributed by atoms with van der Waals surface area (Å²) in [5.74, 6) is 1.21. The second-order valence-electron chi connectivity index (χ2n) is 6.86. The molecule has 2 aromatic heterocycles. The monoisotopic (exact) mass is 483 g/mol. The van der Waals surface area contributed by atoms with Crippen molar-refractivity contribution in [3.05, 3.63) is 106 Å². The lowest BCUT2D eigenvalue weighted by Gasteiger charge is -2.18. The van der Waals surface area contributed by atoms with Gasteiger partial charge in [0.2, 0.25) is 0 Å². The average Bonchev–Trinajstić information content (AvgIpc) is 3.41. The molecular weight excluding hydrogens is 465 g/mol. The minimum absolute atomic E-state index is 0.149. The molecule has 4 aromatic rings. The van der Waals surface area contributed by atoms with Crippen LogP contribution in [0.4, 0.5) is 4.39 Å². The van der Waals surface area contributed by atoms with Gasteiger partial charge in [-0.1, -0.05) is 28.1 Å². The summed E-state index contributed by atoms with van der Waals surface area (Å²) in [6.07, 6.45) is 3.42. The number of amides is 1. The van der Waals surface area contributed by atoms with Crippen molar-refractivity contribution in [3.63, 3.8) is 0 Å². The van der Waals surface area contributed by atoms with Gasteiger partial charge in [-0.05, 0) is 54.1 Å². The summed E-state index contributed by atoms with van der Waals surface area (Å²) in [5.41, 5.74) is 0.703. The number of benzene rings is 2. The number of ether oxygens (including phenoxy) is 1. The van der Waals surface area contributed by atoms with Crippen molar-refractivity contribution in [1.29, 1.82) is 0 Å². The molecule has 4 rings (SSSR count). The maximum atomic E-state index is 13.4. The molecule has 0 saturated heterocycles. The first-order chi connectivity index (χ1) is 15.0. The van der Waals surface area contributed by atoms with Crippen LogP contribution in [0.1, 0.15) is 33.7 Å². The highest BCUT2D eigenvalue weighted by molar-refractivity contribution is 9.10. The van der Waals surface area contributed by atoms with Crippen molar-refractivity contribution >= 4 is 21.8 Å². The van der Waals surface area contributed by atoms with Crippen molar-refractivity contribution in [2.45, 2.75) is 12.6 Å². The number of rotatable bonds is 7. The van der Waals surface area contributed by atoms with Gasteiger partial charge in [0.15, 0.2) is 5.76 Å². The highest BCUT2D eigenvalue weighted by atomic mass is 79.9. The van der Waals surface area contributed by atoms with E-state index in [4.69, 9.17) is 9.15 Å². The molecule has 0 aliphatic rings. The number of aryl methyl sites for hydroxylation is 1. The fourth-order valence-corrected chi connectivity index (χ4v) is 3.34. The van der Waals surface area contributed by atoms with E-state index in [1.165, 1.54) is 12.1 Å². The first-order valence-corrected chi connectivity index (χ1v) is 10.3. The fourth-order valence-electron chi connectivity index (χ4n) is 3.07. The zero-order chi connectivity index (χ0) is 21.8. The molecule has 2 heterocycles. The topological polar surface area (TPSA) is 69.3 Å². The standard InChI is InChI=1S/C23H19BrFN3O3/c1-28-13-12-26-22(28)21(15-2-6-17(25)7-3-15)27-23(29)20-11-10-19(31-20)14-30-18-8-4-16(24)5-9-18/h2-13,21H,14H2,1H3,(H,27,29). The molecule has 31 heavy (non-hydrogen) atoms. The Labute approximate surface area is 186 Å². The van der Waals surface area contributed by atoms with Gasteiger partial charge in [-0.25, -0.2) is 9.37 Å². The minimum Gasteiger partial charge on any atom is -0.486 e. The summed E-state index contributed by atoms with van der Waals surface area (Å²) in [4.78, 5) is 17.2. The lowest BCUT2D eigenvalue weighted by atomic mass is 10.1. The molecule has 0 fully saturated rings. The van der Waals surface area contributed by atoms with Gasteiger partial charge in [0, 0.05) is 23.9 Å². The summed E-state index contributed by atoms with van der Waals surface area (Å²) in [6, 6.07) is 16.1. The summed E-state index contributed by atoms with van der Waals surface area (Å²) in [6.45, 7) is 0.190. The lowest BCUT2D eigenvalue weighted by Crippen LogP contribution is -2.30. The van der Waals surface area contributed by atoms with E-state index >= 15 is 0 Å². The van der Waals surface area contributed by atoms with Gasteiger partial charge in [-0.3, -0.25) is 4.79 Å². The molecule has 0 aliphatic heterocycles. The second kappa shape index (κ2) is 9.18. The number of nitrogens with zero attached hydrogens (tertiary/aromatic N) is 2. The Morgan fingerprint density at radius 3 is 2.58 bits per heavy atom. The van der Waals surface area contributed by atoms with Crippen LogP contribution in [-0.2, 0) is 13.7 Å². The third-order valence-corrected chi connectivity index (χ3v) is 5.20. The van der Waals surface area contributed by atoms with Crippen molar-refractivity contribution in [3.8, 4) is 5.75 Å². The van der Waals surface area contributed by atoms with Crippen LogP contribution in [0.5, 0.6) is 5.75 Å². The van der Waals surface area contributed by atoms with E-state index in [-0.39, 0.29) is 18.2 Å². The molecule has 0 bridgehead atoms. The molecule has 1 atom stereocenters. The SMILES string of the molecule is Cn1ccnc1C(NC(=O)c1ccc(COc2ccc(Br)cc2)o1)c1ccc(F)cc1. The second-order valence-corrected chi connectivity index (χ2v) is 7.78. The van der Waals surface area contributed by atoms with Crippen LogP contribution in [0.3, 0.4) is 0 Å². The van der Waals surface area contributed by atoms with Gasteiger partial charge in [0.25, 0.3) is 5.91 Å². The van der Waals surface area contributed by atoms with Gasteiger partial charge in [-0.2, -0.15) is 0 Å². The number of imidazole rings is 1. The maximum Gasteiger partial charge on any atom is 0.287 e. The number of carbonyl (C=O) groups is 1. The zero-order valence-corrected chi connectivity index (χ0v) is 18.2. The van der Waals surface area contributed by atoms with Crippen LogP contribution in [0.15, 0.2) is 81.9 Å². The summed E-state index contributed by atoms with van der Waals surface area (Å²) < 4.78 is 27.5. The van der Waals surface area contributed by atoms with E-state index < -0.39 is 11.9 Å². The summed E-state index contributed by atoms with van der Waals surface area (Å²) in [5, 5.41) is 2.92. The number of hydrogen-bond acceptors (Lipinski definition) is 4. The molecule has 0 saturated carbocycles. The molecule has 6 nitrogen and oxygen atoms in total. The number of nitrogens with one attached hydrogen (secondary N) is 1. The quantitative estimate of drug-likeness (QED) is 0.400. The van der Waals surface area contributed by atoms with Gasteiger partial charge >= 0.3 is 0 Å². The van der Waals surface area contributed by atoms with E-state index in [1.54, 1.807) is 41.2 Å². The van der Waals surface area contributed by atoms with E-state index in [0.717, 1.165) is 4.47 Å². The Bertz CT molecular complexity index is 1170. The highest BCUT2D eigenvalue weighted by Gasteiger charge is 2.23. The number of carbonyl (C=O) groups excluding carboxylic acids is 1. The van der Waals surface area contributed by atoms with E-state index in [2.05, 4.69) is 26.2 Å². The van der Waals surface area contributed by atoms with Crippen LogP contribution in [-0.4, -0.2) is 15.5 Å². The lowest BCUT2D eigenvalue weighted by molar-refractivity contribution is 0.0909. The van der Waals surface area contributed by atoms with Crippen LogP contribution < -0.4 is 10.1 Å². The summed E-state index contributed by atoms with van der Waals surface area (Å²) in [7, 11) is 1.83. The molecule has 1 amide bonds. The Morgan fingerprint density at radius 2 is 1.90 bits per heavy atom. The van der Waals surface area contributed by atoms with Crippen LogP contribution >= 0.6 is 15.9 Å². The van der Waals surface area contributed by atoms with Gasteiger partial charge < -0.3 is 19.0 Å². The zero-order valence-electron chi connectivity index (χ0n) is 16.6. The number of aromatic nitrogens is 2. The summed E-state index contributed by atoms with van der Waals surface area (Å²) >= 11 is 3.38. The fraction of sp³-hybridized carbons (Fsp3) is 0.130. The van der Waals surface area contributed by atoms with Crippen molar-refractivity contribution in [2.75, 3.05) is 0 Å². The van der Waals surface area contributed by atoms with Gasteiger partial charge in [0.1, 0.15) is 35.8 Å². The third kappa shape index (κ3) is 5.03. The van der Waals surface area contributed by atoms with Crippen molar-refractivity contribution < 1.29 is 18.3 Å². The number of furan rings is 1. The van der Waals surface area contributed by atoms with Gasteiger partial charge in [-0.15, -0.1) is 0 Å². The number of hydrogen-bond donors (Lipinski definition) is 1. The Kier molecular flexibility index (Phi) is 6.18. The first kappa shape index (κ1) is 20.9. The predicted octanol–water partition coefficient (Wildman–Crippen LogP) is 5.01. The van der Waals surface area contributed by atoms with Crippen molar-refractivity contribution in [2.24, 2.45) is 7.05 Å². The van der Waals surface area contributed by atoms with E-state index in [0.29, 0.717) is 22.9 Å². The highest BCUT2D eigenvalue weighted by Crippen LogP contribution is 2.22. The molecular formula is C23H19BrFN3O3. The Hall–Kier alpha value is -3.39. The Balaban J connectivity index is 1.48. The predicted molar refractivity (Wildman–Crippen MR) is 116 cm³/mol. The van der Waals surface area contributed by atoms with Crippen molar-refractivity contribution in [1.82, 2.24) is 14.9 Å². The minimum atomic E-state index is -0.569. The van der Waals surface area contributed by atoms with Crippen LogP contribution in [0, 0.1) is 5.82 Å². The van der Waals surface area contributed by atoms with Crippen LogP contribution in [0.2, 0.25) is 0 Å². The Morgan fingerprint density at radius 1 is 1.16 bits per heavy atom. The maximum absolute atomic E-state index is 13.4.